The Kier molecular flexibility index (Phi) is 4.22. The number of aromatic nitrogens is 2. The number of hydrogen-bond acceptors (Lipinski definition) is 5. The molecule has 0 aliphatic rings. The van der Waals surface area contributed by atoms with E-state index in [4.69, 9.17) is 0 Å². The summed E-state index contributed by atoms with van der Waals surface area (Å²) in [5.74, 6) is -0.330. The summed E-state index contributed by atoms with van der Waals surface area (Å²) in [5, 5.41) is 22.9. The highest BCUT2D eigenvalue weighted by Crippen LogP contribution is 2.24. The molecule has 0 unspecified atom stereocenters. The van der Waals surface area contributed by atoms with Crippen molar-refractivity contribution in [2.75, 3.05) is 5.43 Å². The fourth-order valence-electron chi connectivity index (χ4n) is 2.76. The van der Waals surface area contributed by atoms with Crippen molar-refractivity contribution in [3.05, 3.63) is 78.1 Å². The topological polar surface area (TPSA) is 82.2 Å². The monoisotopic (exact) mass is 358 g/mol. The Bertz CT molecular complexity index is 1130. The minimum Gasteiger partial charge on any atom is -0.504 e. The molecule has 4 aromatic rings. The van der Waals surface area contributed by atoms with Crippen LogP contribution in [0.5, 0.6) is 11.5 Å². The van der Waals surface area contributed by atoms with E-state index in [0.29, 0.717) is 5.56 Å². The van der Waals surface area contributed by atoms with Gasteiger partial charge in [-0.1, -0.05) is 18.2 Å². The first-order valence-corrected chi connectivity index (χ1v) is 8.45. The number of aromatic hydroxyl groups is 2. The van der Waals surface area contributed by atoms with E-state index in [-0.39, 0.29) is 11.5 Å². The van der Waals surface area contributed by atoms with Crippen molar-refractivity contribution < 1.29 is 10.2 Å². The highest BCUT2D eigenvalue weighted by atomic mass is 16.3. The number of anilines is 1. The molecule has 0 saturated heterocycles. The average molecular weight is 358 g/mol. The standard InChI is InChI=1S/C21H18N4O2/c1-14-2-9-21-23-18(13-25(21)12-14)16-4-6-17(7-5-16)24-22-11-15-3-8-19(26)20(27)10-15/h2-13,24,26-27H,1H3/b22-11+. The minimum absolute atomic E-state index is 0.155. The van der Waals surface area contributed by atoms with Gasteiger partial charge in [0.2, 0.25) is 0 Å². The molecular weight excluding hydrogens is 340 g/mol. The Balaban J connectivity index is 1.48. The van der Waals surface area contributed by atoms with Crippen LogP contribution in [0.4, 0.5) is 5.69 Å². The number of fused-ring (bicyclic) bond motifs is 1. The molecule has 0 aliphatic heterocycles. The van der Waals surface area contributed by atoms with Crippen molar-refractivity contribution in [3.63, 3.8) is 0 Å². The maximum absolute atomic E-state index is 9.48. The third kappa shape index (κ3) is 3.59. The second-order valence-electron chi connectivity index (χ2n) is 6.29. The van der Waals surface area contributed by atoms with Gasteiger partial charge in [-0.3, -0.25) is 5.43 Å². The van der Waals surface area contributed by atoms with E-state index < -0.39 is 0 Å². The van der Waals surface area contributed by atoms with Gasteiger partial charge in [0, 0.05) is 18.0 Å². The van der Waals surface area contributed by atoms with Crippen molar-refractivity contribution in [1.82, 2.24) is 9.38 Å². The van der Waals surface area contributed by atoms with Gasteiger partial charge in [0.25, 0.3) is 0 Å². The second-order valence-corrected chi connectivity index (χ2v) is 6.29. The van der Waals surface area contributed by atoms with Gasteiger partial charge < -0.3 is 14.6 Å². The molecule has 6 heteroatoms. The normalized spacial score (nSPS) is 11.3. The lowest BCUT2D eigenvalue weighted by Crippen LogP contribution is -1.90. The molecule has 0 fully saturated rings. The van der Waals surface area contributed by atoms with Crippen LogP contribution < -0.4 is 5.43 Å². The van der Waals surface area contributed by atoms with E-state index in [1.54, 1.807) is 12.3 Å². The quantitative estimate of drug-likeness (QED) is 0.290. The molecule has 0 radical (unpaired) electrons. The number of rotatable bonds is 4. The lowest BCUT2D eigenvalue weighted by atomic mass is 10.1. The number of nitrogens with one attached hydrogen (secondary N) is 1. The van der Waals surface area contributed by atoms with E-state index in [1.165, 1.54) is 17.7 Å². The zero-order valence-electron chi connectivity index (χ0n) is 14.7. The number of aryl methyl sites for hydroxylation is 1. The minimum atomic E-state index is -0.175. The molecule has 6 nitrogen and oxygen atoms in total. The molecule has 3 N–H and O–H groups in total. The van der Waals surface area contributed by atoms with Gasteiger partial charge in [0.05, 0.1) is 17.6 Å². The highest BCUT2D eigenvalue weighted by Gasteiger charge is 2.04. The largest absolute Gasteiger partial charge is 0.504 e. The molecular formula is C21H18N4O2. The number of hydrogen-bond donors (Lipinski definition) is 3. The summed E-state index contributed by atoms with van der Waals surface area (Å²) in [6, 6.07) is 16.4. The van der Waals surface area contributed by atoms with Gasteiger partial charge in [0.15, 0.2) is 11.5 Å². The molecule has 0 aliphatic carbocycles. The number of phenolic OH excluding ortho intramolecular Hbond substituents is 2. The Labute approximate surface area is 156 Å². The molecule has 0 saturated carbocycles. The van der Waals surface area contributed by atoms with Crippen molar-refractivity contribution in [1.29, 1.82) is 0 Å². The van der Waals surface area contributed by atoms with E-state index in [2.05, 4.69) is 28.6 Å². The summed E-state index contributed by atoms with van der Waals surface area (Å²) < 4.78 is 2.02. The van der Waals surface area contributed by atoms with Crippen molar-refractivity contribution in [2.24, 2.45) is 5.10 Å². The third-order valence-electron chi connectivity index (χ3n) is 4.19. The second kappa shape index (κ2) is 6.84. The van der Waals surface area contributed by atoms with Crippen LogP contribution in [0.25, 0.3) is 16.9 Å². The first-order valence-electron chi connectivity index (χ1n) is 8.45. The fourth-order valence-corrected chi connectivity index (χ4v) is 2.76. The molecule has 27 heavy (non-hydrogen) atoms. The summed E-state index contributed by atoms with van der Waals surface area (Å²) in [7, 11) is 0. The lowest BCUT2D eigenvalue weighted by Gasteiger charge is -2.02. The van der Waals surface area contributed by atoms with Crippen LogP contribution in [0.2, 0.25) is 0 Å². The van der Waals surface area contributed by atoms with Crippen molar-refractivity contribution in [2.45, 2.75) is 6.92 Å². The van der Waals surface area contributed by atoms with E-state index >= 15 is 0 Å². The zero-order valence-corrected chi connectivity index (χ0v) is 14.7. The average Bonchev–Trinajstić information content (AvgIpc) is 3.08. The number of nitrogens with zero attached hydrogens (tertiary/aromatic N) is 3. The number of benzene rings is 2. The summed E-state index contributed by atoms with van der Waals surface area (Å²) in [6.45, 7) is 2.06. The van der Waals surface area contributed by atoms with Gasteiger partial charge in [-0.05, 0) is 54.4 Å². The van der Waals surface area contributed by atoms with Crippen LogP contribution in [0, 0.1) is 6.92 Å². The van der Waals surface area contributed by atoms with Crippen LogP contribution in [0.15, 0.2) is 72.1 Å². The molecule has 0 bridgehead atoms. The van der Waals surface area contributed by atoms with Gasteiger partial charge in [0.1, 0.15) is 5.65 Å². The van der Waals surface area contributed by atoms with Crippen molar-refractivity contribution in [3.8, 4) is 22.8 Å². The smallest absolute Gasteiger partial charge is 0.158 e. The number of pyridine rings is 1. The maximum atomic E-state index is 9.48. The molecule has 2 aromatic heterocycles. The van der Waals surface area contributed by atoms with Gasteiger partial charge >= 0.3 is 0 Å². The Hall–Kier alpha value is -3.80. The van der Waals surface area contributed by atoms with Gasteiger partial charge in [-0.15, -0.1) is 0 Å². The zero-order chi connectivity index (χ0) is 18.8. The van der Waals surface area contributed by atoms with E-state index in [9.17, 15) is 10.2 Å². The van der Waals surface area contributed by atoms with Crippen LogP contribution >= 0.6 is 0 Å². The van der Waals surface area contributed by atoms with Gasteiger partial charge in [-0.2, -0.15) is 5.10 Å². The maximum Gasteiger partial charge on any atom is 0.158 e. The first kappa shape index (κ1) is 16.7. The summed E-state index contributed by atoms with van der Waals surface area (Å²) in [5.41, 5.74) is 8.48. The fraction of sp³-hybridized carbons (Fsp3) is 0.0476. The predicted octanol–water partition coefficient (Wildman–Crippen LogP) is 4.17. The van der Waals surface area contributed by atoms with Gasteiger partial charge in [-0.25, -0.2) is 4.98 Å². The molecule has 2 heterocycles. The van der Waals surface area contributed by atoms with Crippen LogP contribution in [0.3, 0.4) is 0 Å². The molecule has 2 aromatic carbocycles. The Morgan fingerprint density at radius 1 is 0.963 bits per heavy atom. The summed E-state index contributed by atoms with van der Waals surface area (Å²) in [6.07, 6.45) is 5.63. The highest BCUT2D eigenvalue weighted by molar-refractivity contribution is 5.81. The van der Waals surface area contributed by atoms with Crippen LogP contribution in [-0.4, -0.2) is 25.8 Å². The van der Waals surface area contributed by atoms with E-state index in [1.807, 2.05) is 47.0 Å². The number of hydrazone groups is 1. The summed E-state index contributed by atoms with van der Waals surface area (Å²) in [4.78, 5) is 4.64. The first-order chi connectivity index (χ1) is 13.1. The Morgan fingerprint density at radius 3 is 2.56 bits per heavy atom. The SMILES string of the molecule is Cc1ccc2nc(-c3ccc(N/N=C/c4ccc(O)c(O)c4)cc3)cn2c1. The molecule has 134 valence electrons. The lowest BCUT2D eigenvalue weighted by molar-refractivity contribution is 0.403. The number of phenols is 2. The van der Waals surface area contributed by atoms with Crippen LogP contribution in [-0.2, 0) is 0 Å². The summed E-state index contributed by atoms with van der Waals surface area (Å²) >= 11 is 0. The Morgan fingerprint density at radius 2 is 1.78 bits per heavy atom. The molecule has 0 spiro atoms. The van der Waals surface area contributed by atoms with E-state index in [0.717, 1.165) is 22.6 Å². The third-order valence-corrected chi connectivity index (χ3v) is 4.19. The molecule has 0 amide bonds. The number of imidazole rings is 1. The molecule has 0 atom stereocenters. The molecule has 4 rings (SSSR count). The predicted molar refractivity (Wildman–Crippen MR) is 106 cm³/mol. The van der Waals surface area contributed by atoms with Crippen LogP contribution in [0.1, 0.15) is 11.1 Å². The van der Waals surface area contributed by atoms with Crippen molar-refractivity contribution >= 4 is 17.5 Å².